The minimum atomic E-state index is -0.530. The van der Waals surface area contributed by atoms with E-state index in [2.05, 4.69) is 19.2 Å². The standard InChI is InChI=1S/C26H22O5/c1-5-25(27)30-18(4)17(3)29-23-12-9-19(10-13-23)20-7-8-22-16-24(31-26(28)6-2)14-11-21(22)15-20/h5-16H,1-2H2,3-4H3/b18-17+. The van der Waals surface area contributed by atoms with E-state index in [1.165, 1.54) is 0 Å². The lowest BCUT2D eigenvalue weighted by Gasteiger charge is -2.11. The first kappa shape index (κ1) is 21.6. The summed E-state index contributed by atoms with van der Waals surface area (Å²) in [5.74, 6) is 0.952. The summed E-state index contributed by atoms with van der Waals surface area (Å²) in [4.78, 5) is 22.7. The number of fused-ring (bicyclic) bond motifs is 1. The second kappa shape index (κ2) is 9.59. The van der Waals surface area contributed by atoms with Crippen molar-refractivity contribution < 1.29 is 23.8 Å². The van der Waals surface area contributed by atoms with Crippen molar-refractivity contribution in [3.8, 4) is 22.6 Å². The molecular weight excluding hydrogens is 392 g/mol. The maximum Gasteiger partial charge on any atom is 0.335 e. The normalized spacial score (nSPS) is 11.3. The molecule has 0 aliphatic rings. The molecule has 0 atom stereocenters. The monoisotopic (exact) mass is 414 g/mol. The Morgan fingerprint density at radius 3 is 1.94 bits per heavy atom. The highest BCUT2D eigenvalue weighted by atomic mass is 16.6. The number of allylic oxidation sites excluding steroid dienone is 2. The molecule has 3 rings (SSSR count). The van der Waals surface area contributed by atoms with E-state index in [1.807, 2.05) is 48.5 Å². The highest BCUT2D eigenvalue weighted by Gasteiger charge is 2.07. The average Bonchev–Trinajstić information content (AvgIpc) is 2.78. The van der Waals surface area contributed by atoms with Crippen molar-refractivity contribution in [2.75, 3.05) is 0 Å². The minimum absolute atomic E-state index is 0.377. The van der Waals surface area contributed by atoms with Crippen molar-refractivity contribution in [2.45, 2.75) is 13.8 Å². The Morgan fingerprint density at radius 1 is 0.677 bits per heavy atom. The summed E-state index contributed by atoms with van der Waals surface area (Å²) in [7, 11) is 0. The van der Waals surface area contributed by atoms with Crippen LogP contribution in [0.4, 0.5) is 0 Å². The number of carbonyl (C=O) groups is 2. The van der Waals surface area contributed by atoms with E-state index in [0.717, 1.165) is 34.1 Å². The molecule has 0 saturated carbocycles. The molecule has 0 bridgehead atoms. The van der Waals surface area contributed by atoms with Gasteiger partial charge in [-0.2, -0.15) is 0 Å². The van der Waals surface area contributed by atoms with Crippen molar-refractivity contribution in [3.05, 3.63) is 97.5 Å². The first-order valence-corrected chi connectivity index (χ1v) is 9.57. The molecule has 0 aliphatic heterocycles. The van der Waals surface area contributed by atoms with Gasteiger partial charge in [-0.05, 0) is 66.1 Å². The third-order valence-electron chi connectivity index (χ3n) is 4.57. The van der Waals surface area contributed by atoms with Crippen LogP contribution in [-0.4, -0.2) is 11.9 Å². The SMILES string of the molecule is C=CC(=O)O/C(C)=C(\C)Oc1ccc(-c2ccc3cc(OC(=O)C=C)ccc3c2)cc1. The van der Waals surface area contributed by atoms with E-state index in [-0.39, 0.29) is 0 Å². The van der Waals surface area contributed by atoms with Crippen molar-refractivity contribution in [1.29, 1.82) is 0 Å². The van der Waals surface area contributed by atoms with Crippen LogP contribution in [-0.2, 0) is 14.3 Å². The molecule has 3 aromatic rings. The second-order valence-corrected chi connectivity index (χ2v) is 6.71. The molecule has 0 unspecified atom stereocenters. The third kappa shape index (κ3) is 5.48. The van der Waals surface area contributed by atoms with Crippen LogP contribution in [0.5, 0.6) is 11.5 Å². The number of benzene rings is 3. The first-order chi connectivity index (χ1) is 14.9. The van der Waals surface area contributed by atoms with Crippen molar-refractivity contribution in [2.24, 2.45) is 0 Å². The minimum Gasteiger partial charge on any atom is -0.459 e. The van der Waals surface area contributed by atoms with Gasteiger partial charge in [0.25, 0.3) is 0 Å². The molecule has 0 aromatic heterocycles. The molecule has 31 heavy (non-hydrogen) atoms. The van der Waals surface area contributed by atoms with Crippen molar-refractivity contribution >= 4 is 22.7 Å². The molecule has 3 aromatic carbocycles. The van der Waals surface area contributed by atoms with E-state index in [0.29, 0.717) is 23.0 Å². The molecule has 0 N–H and O–H groups in total. The van der Waals surface area contributed by atoms with E-state index >= 15 is 0 Å². The summed E-state index contributed by atoms with van der Waals surface area (Å²) in [6.07, 6.45) is 2.23. The van der Waals surface area contributed by atoms with Crippen molar-refractivity contribution in [3.63, 3.8) is 0 Å². The number of ether oxygens (including phenoxy) is 3. The molecule has 0 saturated heterocycles. The lowest BCUT2D eigenvalue weighted by Crippen LogP contribution is -2.03. The number of rotatable bonds is 7. The zero-order chi connectivity index (χ0) is 22.4. The molecule has 5 nitrogen and oxygen atoms in total. The summed E-state index contributed by atoms with van der Waals surface area (Å²) in [5, 5.41) is 1.98. The fourth-order valence-electron chi connectivity index (χ4n) is 2.85. The van der Waals surface area contributed by atoms with Crippen LogP contribution in [0.2, 0.25) is 0 Å². The van der Waals surface area contributed by atoms with E-state index in [1.54, 1.807) is 19.9 Å². The quantitative estimate of drug-likeness (QED) is 0.207. The van der Waals surface area contributed by atoms with Gasteiger partial charge in [-0.1, -0.05) is 43.5 Å². The molecule has 0 fully saturated rings. The molecule has 156 valence electrons. The summed E-state index contributed by atoms with van der Waals surface area (Å²) in [6, 6.07) is 19.1. The van der Waals surface area contributed by atoms with Gasteiger partial charge in [0.15, 0.2) is 0 Å². The van der Waals surface area contributed by atoms with Crippen LogP contribution < -0.4 is 9.47 Å². The van der Waals surface area contributed by atoms with E-state index in [4.69, 9.17) is 14.2 Å². The van der Waals surface area contributed by atoms with Gasteiger partial charge < -0.3 is 14.2 Å². The van der Waals surface area contributed by atoms with Crippen molar-refractivity contribution in [1.82, 2.24) is 0 Å². The van der Waals surface area contributed by atoms with Gasteiger partial charge in [-0.25, -0.2) is 9.59 Å². The van der Waals surface area contributed by atoms with Crippen LogP contribution in [0.3, 0.4) is 0 Å². The maximum atomic E-state index is 11.4. The van der Waals surface area contributed by atoms with Gasteiger partial charge >= 0.3 is 11.9 Å². The molecular formula is C26H22O5. The highest BCUT2D eigenvalue weighted by molar-refractivity contribution is 5.90. The molecule has 5 heteroatoms. The number of carbonyl (C=O) groups excluding carboxylic acids is 2. The Morgan fingerprint density at radius 2 is 1.26 bits per heavy atom. The molecule has 0 heterocycles. The van der Waals surface area contributed by atoms with Crippen LogP contribution >= 0.6 is 0 Å². The Kier molecular flexibility index (Phi) is 6.67. The Bertz CT molecular complexity index is 1190. The number of hydrogen-bond donors (Lipinski definition) is 0. The smallest absolute Gasteiger partial charge is 0.335 e. The lowest BCUT2D eigenvalue weighted by atomic mass is 10.0. The van der Waals surface area contributed by atoms with E-state index < -0.39 is 11.9 Å². The highest BCUT2D eigenvalue weighted by Crippen LogP contribution is 2.29. The second-order valence-electron chi connectivity index (χ2n) is 6.71. The number of hydrogen-bond acceptors (Lipinski definition) is 5. The lowest BCUT2D eigenvalue weighted by molar-refractivity contribution is -0.134. The fraction of sp³-hybridized carbons (Fsp3) is 0.0769. The van der Waals surface area contributed by atoms with Gasteiger partial charge in [-0.15, -0.1) is 0 Å². The van der Waals surface area contributed by atoms with Crippen LogP contribution in [0.15, 0.2) is 97.5 Å². The summed E-state index contributed by atoms with van der Waals surface area (Å²) in [5.41, 5.74) is 2.06. The zero-order valence-corrected chi connectivity index (χ0v) is 17.4. The van der Waals surface area contributed by atoms with Gasteiger partial charge in [-0.3, -0.25) is 0 Å². The molecule has 0 amide bonds. The first-order valence-electron chi connectivity index (χ1n) is 9.57. The zero-order valence-electron chi connectivity index (χ0n) is 17.4. The predicted octanol–water partition coefficient (Wildman–Crippen LogP) is 5.96. The summed E-state index contributed by atoms with van der Waals surface area (Å²) >= 11 is 0. The third-order valence-corrected chi connectivity index (χ3v) is 4.57. The molecule has 0 aliphatic carbocycles. The molecule has 0 spiro atoms. The van der Waals surface area contributed by atoms with Gasteiger partial charge in [0.1, 0.15) is 23.0 Å². The van der Waals surface area contributed by atoms with Crippen LogP contribution in [0.1, 0.15) is 13.8 Å². The predicted molar refractivity (Wildman–Crippen MR) is 121 cm³/mol. The van der Waals surface area contributed by atoms with Gasteiger partial charge in [0.05, 0.1) is 0 Å². The summed E-state index contributed by atoms with van der Waals surface area (Å²) < 4.78 is 16.0. The van der Waals surface area contributed by atoms with Crippen LogP contribution in [0.25, 0.3) is 21.9 Å². The Balaban J connectivity index is 1.77. The Labute approximate surface area is 180 Å². The summed E-state index contributed by atoms with van der Waals surface area (Å²) in [6.45, 7) is 10.2. The fourth-order valence-corrected chi connectivity index (χ4v) is 2.85. The van der Waals surface area contributed by atoms with Crippen LogP contribution in [0, 0.1) is 0 Å². The molecule has 0 radical (unpaired) electrons. The maximum absolute atomic E-state index is 11.4. The van der Waals surface area contributed by atoms with Gasteiger partial charge in [0.2, 0.25) is 0 Å². The van der Waals surface area contributed by atoms with Gasteiger partial charge in [0, 0.05) is 12.2 Å². The largest absolute Gasteiger partial charge is 0.459 e. The average molecular weight is 414 g/mol. The number of esters is 2. The topological polar surface area (TPSA) is 61.8 Å². The Hall–Kier alpha value is -4.12. The van der Waals surface area contributed by atoms with E-state index in [9.17, 15) is 9.59 Å².